The van der Waals surface area contributed by atoms with Gasteiger partial charge in [0.05, 0.1) is 38.1 Å². The maximum absolute atomic E-state index is 13.5. The number of rotatable bonds is 6. The van der Waals surface area contributed by atoms with E-state index in [0.29, 0.717) is 6.07 Å². The minimum Gasteiger partial charge on any atom is -0.455 e. The number of halogens is 5. The van der Waals surface area contributed by atoms with Crippen LogP contribution in [0, 0.1) is 12.9 Å². The molecule has 1 atom stereocenters. The molecule has 0 aliphatic carbocycles. The fraction of sp³-hybridized carbons (Fsp3) is 0.174. The summed E-state index contributed by atoms with van der Waals surface area (Å²) >= 11 is 5.83. The number of ether oxygens (including phenoxy) is 1. The quantitative estimate of drug-likeness (QED) is 0.317. The van der Waals surface area contributed by atoms with Gasteiger partial charge in [-0.15, -0.1) is 0 Å². The van der Waals surface area contributed by atoms with Gasteiger partial charge in [-0.2, -0.15) is 21.9 Å². The predicted octanol–water partition coefficient (Wildman–Crippen LogP) is 5.19. The van der Waals surface area contributed by atoms with E-state index in [1.165, 1.54) is 37.4 Å². The first kappa shape index (κ1) is 28.0. The summed E-state index contributed by atoms with van der Waals surface area (Å²) in [5.41, 5.74) is 3.69. The van der Waals surface area contributed by atoms with Gasteiger partial charge in [0, 0.05) is 16.8 Å². The molecule has 0 saturated carbocycles. The molecule has 1 aromatic heterocycles. The van der Waals surface area contributed by atoms with Crippen LogP contribution in [-0.2, 0) is 20.7 Å². The van der Waals surface area contributed by atoms with E-state index in [-0.39, 0.29) is 27.6 Å². The van der Waals surface area contributed by atoms with Crippen molar-refractivity contribution in [2.24, 2.45) is 10.1 Å². The van der Waals surface area contributed by atoms with Crippen LogP contribution in [0.15, 0.2) is 57.8 Å². The maximum Gasteiger partial charge on any atom is 0.417 e. The fourth-order valence-corrected chi connectivity index (χ4v) is 4.58. The molecule has 0 fully saturated rings. The number of anilines is 1. The van der Waals surface area contributed by atoms with Crippen LogP contribution in [0.2, 0.25) is 5.02 Å². The molecule has 0 aliphatic heterocycles. The molecular formula is C23H19ClF4N4O4S. The lowest BCUT2D eigenvalue weighted by molar-refractivity contribution is -0.137. The molecule has 0 unspecified atom stereocenters. The summed E-state index contributed by atoms with van der Waals surface area (Å²) in [6.07, 6.45) is -3.65. The average Bonchev–Trinajstić information content (AvgIpc) is 2.80. The van der Waals surface area contributed by atoms with E-state index in [2.05, 4.69) is 14.7 Å². The smallest absolute Gasteiger partial charge is 0.417 e. The van der Waals surface area contributed by atoms with Crippen molar-refractivity contribution in [2.45, 2.75) is 18.0 Å². The lowest BCUT2D eigenvalue weighted by Crippen LogP contribution is -2.16. The van der Waals surface area contributed by atoms with Gasteiger partial charge in [-0.25, -0.2) is 9.19 Å². The lowest BCUT2D eigenvalue weighted by atomic mass is 10.1. The van der Waals surface area contributed by atoms with Gasteiger partial charge in [-0.1, -0.05) is 17.7 Å². The van der Waals surface area contributed by atoms with Crippen molar-refractivity contribution in [1.82, 2.24) is 4.98 Å². The standard InChI is InChI=1S/C23H19ClF4N4O4S/c1-12-18(6-7-20(25)30-12)36-19-10-16(23(26,27)28)17(24)9-15(19)22(34)31-13-4-3-5-14(8-13)37(2,35)32-21(33)11-29/h3-10H,11,29H2,1-2H3,(H,31,34)/t37-/m1/s1. The van der Waals surface area contributed by atoms with Crippen LogP contribution in [-0.4, -0.2) is 33.8 Å². The van der Waals surface area contributed by atoms with Crippen LogP contribution in [0.25, 0.3) is 0 Å². The summed E-state index contributed by atoms with van der Waals surface area (Å²) in [4.78, 5) is 28.3. The van der Waals surface area contributed by atoms with Crippen molar-refractivity contribution in [3.8, 4) is 11.5 Å². The third kappa shape index (κ3) is 6.81. The van der Waals surface area contributed by atoms with Crippen molar-refractivity contribution < 1.29 is 36.1 Å². The van der Waals surface area contributed by atoms with Gasteiger partial charge in [0.15, 0.2) is 0 Å². The second-order valence-electron chi connectivity index (χ2n) is 7.62. The molecule has 3 rings (SSSR count). The van der Waals surface area contributed by atoms with Crippen LogP contribution >= 0.6 is 11.6 Å². The predicted molar refractivity (Wildman–Crippen MR) is 129 cm³/mol. The summed E-state index contributed by atoms with van der Waals surface area (Å²) in [6, 6.07) is 8.97. The Labute approximate surface area is 214 Å². The van der Waals surface area contributed by atoms with Crippen LogP contribution < -0.4 is 15.8 Å². The first-order valence-corrected chi connectivity index (χ1v) is 12.6. The number of alkyl halides is 3. The molecule has 14 heteroatoms. The van der Waals surface area contributed by atoms with E-state index in [1.54, 1.807) is 0 Å². The zero-order chi connectivity index (χ0) is 27.5. The van der Waals surface area contributed by atoms with Crippen molar-refractivity contribution in [2.75, 3.05) is 18.1 Å². The van der Waals surface area contributed by atoms with Gasteiger partial charge in [0.1, 0.15) is 11.5 Å². The Bertz CT molecular complexity index is 1500. The Morgan fingerprint density at radius 3 is 2.49 bits per heavy atom. The van der Waals surface area contributed by atoms with Crippen LogP contribution in [0.3, 0.4) is 0 Å². The number of nitrogens with zero attached hydrogens (tertiary/aromatic N) is 2. The molecule has 0 radical (unpaired) electrons. The molecule has 3 aromatic rings. The Balaban J connectivity index is 2.04. The number of nitrogens with two attached hydrogens (primary N) is 1. The summed E-state index contributed by atoms with van der Waals surface area (Å²) < 4.78 is 75.7. The van der Waals surface area contributed by atoms with Crippen LogP contribution in [0.5, 0.6) is 11.5 Å². The monoisotopic (exact) mass is 558 g/mol. The molecule has 8 nitrogen and oxygen atoms in total. The van der Waals surface area contributed by atoms with E-state index < -0.39 is 56.5 Å². The van der Waals surface area contributed by atoms with E-state index in [9.17, 15) is 31.4 Å². The van der Waals surface area contributed by atoms with Gasteiger partial charge < -0.3 is 15.8 Å². The van der Waals surface area contributed by atoms with E-state index in [1.807, 2.05) is 0 Å². The molecule has 2 amide bonds. The number of nitrogens with one attached hydrogen (secondary N) is 1. The highest BCUT2D eigenvalue weighted by atomic mass is 35.5. The number of hydrogen-bond acceptors (Lipinski definition) is 6. The molecule has 0 bridgehead atoms. The highest BCUT2D eigenvalue weighted by Gasteiger charge is 2.35. The zero-order valence-corrected chi connectivity index (χ0v) is 20.8. The van der Waals surface area contributed by atoms with E-state index in [4.69, 9.17) is 22.1 Å². The van der Waals surface area contributed by atoms with Gasteiger partial charge in [0.2, 0.25) is 5.95 Å². The van der Waals surface area contributed by atoms with Crippen LogP contribution in [0.1, 0.15) is 21.6 Å². The Morgan fingerprint density at radius 1 is 1.16 bits per heavy atom. The van der Waals surface area contributed by atoms with Gasteiger partial charge >= 0.3 is 6.18 Å². The average molecular weight is 559 g/mol. The highest BCUT2D eigenvalue weighted by molar-refractivity contribution is 7.93. The molecule has 37 heavy (non-hydrogen) atoms. The summed E-state index contributed by atoms with van der Waals surface area (Å²) in [5.74, 6) is -3.15. The molecule has 0 aliphatic rings. The Hall–Kier alpha value is -3.55. The van der Waals surface area contributed by atoms with Crippen molar-refractivity contribution in [1.29, 1.82) is 0 Å². The molecular weight excluding hydrogens is 540 g/mol. The minimum absolute atomic E-state index is 0.0241. The largest absolute Gasteiger partial charge is 0.455 e. The fourth-order valence-electron chi connectivity index (χ4n) is 3.07. The second kappa shape index (κ2) is 10.8. The highest BCUT2D eigenvalue weighted by Crippen LogP contribution is 2.40. The number of carbonyl (C=O) groups excluding carboxylic acids is 2. The minimum atomic E-state index is -4.86. The zero-order valence-electron chi connectivity index (χ0n) is 19.2. The number of aromatic nitrogens is 1. The number of benzene rings is 2. The van der Waals surface area contributed by atoms with Crippen molar-refractivity contribution >= 4 is 38.8 Å². The Kier molecular flexibility index (Phi) is 8.20. The number of pyridine rings is 1. The number of carbonyl (C=O) groups is 2. The lowest BCUT2D eigenvalue weighted by Gasteiger charge is -2.17. The van der Waals surface area contributed by atoms with E-state index in [0.717, 1.165) is 18.2 Å². The van der Waals surface area contributed by atoms with Gasteiger partial charge in [-0.05, 0) is 49.4 Å². The third-order valence-electron chi connectivity index (χ3n) is 4.82. The molecule has 1 heterocycles. The first-order chi connectivity index (χ1) is 17.2. The van der Waals surface area contributed by atoms with Gasteiger partial charge in [-0.3, -0.25) is 9.59 Å². The molecule has 3 N–H and O–H groups in total. The van der Waals surface area contributed by atoms with Gasteiger partial charge in [0.25, 0.3) is 11.8 Å². The Morgan fingerprint density at radius 2 is 1.86 bits per heavy atom. The molecule has 0 spiro atoms. The molecule has 0 saturated heterocycles. The number of amides is 2. The van der Waals surface area contributed by atoms with Crippen molar-refractivity contribution in [3.05, 3.63) is 76.3 Å². The van der Waals surface area contributed by atoms with Crippen LogP contribution in [0.4, 0.5) is 23.2 Å². The first-order valence-electron chi connectivity index (χ1n) is 10.3. The second-order valence-corrected chi connectivity index (χ2v) is 10.3. The van der Waals surface area contributed by atoms with Crippen molar-refractivity contribution in [3.63, 3.8) is 0 Å². The maximum atomic E-state index is 13.5. The SMILES string of the molecule is Cc1nc(F)ccc1Oc1cc(C(F)(F)F)c(Cl)cc1C(=O)Nc1cccc([S@@](C)(=O)=NC(=O)CN)c1. The molecule has 2 aromatic carbocycles. The topological polar surface area (TPSA) is 124 Å². The van der Waals surface area contributed by atoms with E-state index >= 15 is 0 Å². The number of hydrogen-bond donors (Lipinski definition) is 2. The summed E-state index contributed by atoms with van der Waals surface area (Å²) in [6.45, 7) is 0.925. The number of aryl methyl sites for hydroxylation is 1. The summed E-state index contributed by atoms with van der Waals surface area (Å²) in [7, 11) is -3.19. The summed E-state index contributed by atoms with van der Waals surface area (Å²) in [5, 5.41) is 1.70. The third-order valence-corrected chi connectivity index (χ3v) is 6.82. The normalized spacial score (nSPS) is 13.0. The molecule has 196 valence electrons.